The zero-order valence-electron chi connectivity index (χ0n) is 15.5. The van der Waals surface area contributed by atoms with Gasteiger partial charge in [-0.2, -0.15) is 0 Å². The van der Waals surface area contributed by atoms with Gasteiger partial charge in [0.05, 0.1) is 25.6 Å². The molecule has 1 saturated heterocycles. The molecule has 1 aromatic carbocycles. The van der Waals surface area contributed by atoms with Gasteiger partial charge < -0.3 is 15.0 Å². The molecule has 26 heavy (non-hydrogen) atoms. The van der Waals surface area contributed by atoms with Gasteiger partial charge in [0.1, 0.15) is 0 Å². The van der Waals surface area contributed by atoms with Crippen LogP contribution < -0.4 is 5.73 Å². The van der Waals surface area contributed by atoms with Crippen molar-refractivity contribution in [1.82, 2.24) is 19.4 Å². The molecule has 2 N–H and O–H groups in total. The van der Waals surface area contributed by atoms with E-state index >= 15 is 0 Å². The Kier molecular flexibility index (Phi) is 6.03. The molecule has 140 valence electrons. The Labute approximate surface area is 154 Å². The van der Waals surface area contributed by atoms with Crippen molar-refractivity contribution in [3.8, 4) is 5.69 Å². The maximum Gasteiger partial charge on any atom is 0.231 e. The summed E-state index contributed by atoms with van der Waals surface area (Å²) in [5, 5.41) is 0. The van der Waals surface area contributed by atoms with Gasteiger partial charge in [-0.1, -0.05) is 6.07 Å². The molecule has 0 radical (unpaired) electrons. The van der Waals surface area contributed by atoms with Crippen LogP contribution in [0.25, 0.3) is 5.69 Å². The van der Waals surface area contributed by atoms with Crippen molar-refractivity contribution in [2.75, 3.05) is 39.8 Å². The van der Waals surface area contributed by atoms with Crippen LogP contribution in [0.4, 0.5) is 0 Å². The van der Waals surface area contributed by atoms with E-state index in [1.165, 1.54) is 11.1 Å². The molecule has 1 amide bonds. The summed E-state index contributed by atoms with van der Waals surface area (Å²) in [6, 6.07) is 6.51. The third kappa shape index (κ3) is 4.91. The quantitative estimate of drug-likeness (QED) is 0.793. The van der Waals surface area contributed by atoms with Gasteiger partial charge in [0.25, 0.3) is 0 Å². The van der Waals surface area contributed by atoms with E-state index in [2.05, 4.69) is 35.0 Å². The molecular formula is C19H27N5O2. The predicted octanol–water partition coefficient (Wildman–Crippen LogP) is 0.799. The molecule has 7 nitrogen and oxygen atoms in total. The minimum atomic E-state index is -0.311. The number of carbonyl (C=O) groups excluding carboxylic acids is 1. The molecule has 0 aliphatic carbocycles. The number of primary amides is 1. The lowest BCUT2D eigenvalue weighted by Gasteiger charge is -2.35. The Morgan fingerprint density at radius 1 is 1.46 bits per heavy atom. The largest absolute Gasteiger partial charge is 0.374 e. The average Bonchev–Trinajstić information content (AvgIpc) is 3.11. The van der Waals surface area contributed by atoms with E-state index < -0.39 is 0 Å². The molecule has 2 heterocycles. The number of nitrogens with zero attached hydrogens (tertiary/aromatic N) is 4. The molecule has 1 aliphatic rings. The number of hydrogen-bond acceptors (Lipinski definition) is 5. The van der Waals surface area contributed by atoms with Crippen molar-refractivity contribution >= 4 is 5.91 Å². The number of nitrogens with two attached hydrogens (primary N) is 1. The Morgan fingerprint density at radius 3 is 3.00 bits per heavy atom. The summed E-state index contributed by atoms with van der Waals surface area (Å²) in [7, 11) is 1.89. The van der Waals surface area contributed by atoms with Crippen LogP contribution in [0.1, 0.15) is 11.1 Å². The van der Waals surface area contributed by atoms with Gasteiger partial charge in [-0.05, 0) is 37.2 Å². The van der Waals surface area contributed by atoms with E-state index in [1.807, 2.05) is 29.0 Å². The summed E-state index contributed by atoms with van der Waals surface area (Å²) in [6.45, 7) is 6.49. The molecule has 7 heteroatoms. The van der Waals surface area contributed by atoms with Crippen molar-refractivity contribution in [3.63, 3.8) is 0 Å². The Hall–Kier alpha value is -2.22. The van der Waals surface area contributed by atoms with Crippen molar-refractivity contribution < 1.29 is 9.53 Å². The Balaban J connectivity index is 1.59. The maximum atomic E-state index is 11.0. The average molecular weight is 357 g/mol. The van der Waals surface area contributed by atoms with Gasteiger partial charge >= 0.3 is 0 Å². The van der Waals surface area contributed by atoms with Crippen LogP contribution in [0.5, 0.6) is 0 Å². The molecule has 1 fully saturated rings. The SMILES string of the molecule is Cc1cc(-n2ccnc2)ccc1CN1CCOC(CN(C)CC(N)=O)C1. The molecule has 1 atom stereocenters. The monoisotopic (exact) mass is 357 g/mol. The second kappa shape index (κ2) is 8.44. The summed E-state index contributed by atoms with van der Waals surface area (Å²) in [5.41, 5.74) is 8.96. The van der Waals surface area contributed by atoms with Crippen molar-refractivity contribution in [2.45, 2.75) is 19.6 Å². The Bertz CT molecular complexity index is 732. The molecular weight excluding hydrogens is 330 g/mol. The number of aryl methyl sites for hydroxylation is 1. The first kappa shape index (κ1) is 18.6. The number of benzene rings is 1. The van der Waals surface area contributed by atoms with Gasteiger partial charge in [-0.15, -0.1) is 0 Å². The third-order valence-corrected chi connectivity index (χ3v) is 4.69. The highest BCUT2D eigenvalue weighted by atomic mass is 16.5. The van der Waals surface area contributed by atoms with Gasteiger partial charge in [0.15, 0.2) is 0 Å². The van der Waals surface area contributed by atoms with Gasteiger partial charge in [0, 0.05) is 44.3 Å². The van der Waals surface area contributed by atoms with E-state index in [-0.39, 0.29) is 18.6 Å². The second-order valence-electron chi connectivity index (χ2n) is 6.97. The first-order chi connectivity index (χ1) is 12.5. The van der Waals surface area contributed by atoms with Crippen LogP contribution in [0.3, 0.4) is 0 Å². The smallest absolute Gasteiger partial charge is 0.231 e. The topological polar surface area (TPSA) is 76.6 Å². The van der Waals surface area contributed by atoms with Crippen LogP contribution >= 0.6 is 0 Å². The normalized spacial score (nSPS) is 18.3. The zero-order chi connectivity index (χ0) is 18.5. The number of imidazole rings is 1. The number of likely N-dealkylation sites (N-methyl/N-ethyl adjacent to an activating group) is 1. The lowest BCUT2D eigenvalue weighted by atomic mass is 10.1. The first-order valence-corrected chi connectivity index (χ1v) is 8.90. The van der Waals surface area contributed by atoms with E-state index in [4.69, 9.17) is 10.5 Å². The van der Waals surface area contributed by atoms with Crippen LogP contribution in [0.2, 0.25) is 0 Å². The molecule has 0 bridgehead atoms. The first-order valence-electron chi connectivity index (χ1n) is 8.90. The van der Waals surface area contributed by atoms with Gasteiger partial charge in [0.2, 0.25) is 5.91 Å². The minimum Gasteiger partial charge on any atom is -0.374 e. The van der Waals surface area contributed by atoms with E-state index in [1.54, 1.807) is 6.20 Å². The van der Waals surface area contributed by atoms with Gasteiger partial charge in [-0.3, -0.25) is 14.6 Å². The second-order valence-corrected chi connectivity index (χ2v) is 6.97. The summed E-state index contributed by atoms with van der Waals surface area (Å²) < 4.78 is 7.86. The van der Waals surface area contributed by atoms with E-state index in [0.29, 0.717) is 13.2 Å². The fourth-order valence-corrected chi connectivity index (χ4v) is 3.38. The number of aromatic nitrogens is 2. The minimum absolute atomic E-state index is 0.0960. The fraction of sp³-hybridized carbons (Fsp3) is 0.474. The van der Waals surface area contributed by atoms with Crippen molar-refractivity contribution in [2.24, 2.45) is 5.73 Å². The van der Waals surface area contributed by atoms with Crippen LogP contribution in [0, 0.1) is 6.92 Å². The number of ether oxygens (including phenoxy) is 1. The van der Waals surface area contributed by atoms with Crippen LogP contribution in [0.15, 0.2) is 36.9 Å². The molecule has 0 saturated carbocycles. The summed E-state index contributed by atoms with van der Waals surface area (Å²) in [4.78, 5) is 19.5. The maximum absolute atomic E-state index is 11.0. The summed E-state index contributed by atoms with van der Waals surface area (Å²) >= 11 is 0. The fourth-order valence-electron chi connectivity index (χ4n) is 3.38. The lowest BCUT2D eigenvalue weighted by molar-refractivity contribution is -0.119. The molecule has 1 unspecified atom stereocenters. The Morgan fingerprint density at radius 2 is 2.31 bits per heavy atom. The molecule has 0 spiro atoms. The number of amides is 1. The summed E-state index contributed by atoms with van der Waals surface area (Å²) in [6.07, 6.45) is 5.64. The molecule has 1 aromatic heterocycles. The third-order valence-electron chi connectivity index (χ3n) is 4.69. The molecule has 3 rings (SSSR count). The highest BCUT2D eigenvalue weighted by Crippen LogP contribution is 2.18. The standard InChI is InChI=1S/C19H27N5O2/c1-15-9-17(24-6-5-21-14-24)4-3-16(15)10-23-7-8-26-18(12-23)11-22(2)13-19(20)25/h3-6,9,14,18H,7-8,10-13H2,1-2H3,(H2,20,25). The molecule has 2 aromatic rings. The lowest BCUT2D eigenvalue weighted by Crippen LogP contribution is -2.47. The highest BCUT2D eigenvalue weighted by Gasteiger charge is 2.22. The number of morpholine rings is 1. The predicted molar refractivity (Wildman–Crippen MR) is 100 cm³/mol. The number of hydrogen-bond donors (Lipinski definition) is 1. The zero-order valence-corrected chi connectivity index (χ0v) is 15.5. The highest BCUT2D eigenvalue weighted by molar-refractivity contribution is 5.75. The van der Waals surface area contributed by atoms with Crippen molar-refractivity contribution in [3.05, 3.63) is 48.0 Å². The van der Waals surface area contributed by atoms with Crippen molar-refractivity contribution in [1.29, 1.82) is 0 Å². The number of rotatable bonds is 7. The summed E-state index contributed by atoms with van der Waals surface area (Å²) in [5.74, 6) is -0.311. The van der Waals surface area contributed by atoms with Gasteiger partial charge in [-0.25, -0.2) is 4.98 Å². The van der Waals surface area contributed by atoms with E-state index in [9.17, 15) is 4.79 Å². The molecule has 1 aliphatic heterocycles. The number of carbonyl (C=O) groups is 1. The van der Waals surface area contributed by atoms with E-state index in [0.717, 1.165) is 25.3 Å². The van der Waals surface area contributed by atoms with Crippen LogP contribution in [-0.2, 0) is 16.1 Å². The van der Waals surface area contributed by atoms with Crippen LogP contribution in [-0.4, -0.2) is 71.2 Å².